The summed E-state index contributed by atoms with van der Waals surface area (Å²) in [7, 11) is 0. The predicted molar refractivity (Wildman–Crippen MR) is 119 cm³/mol. The van der Waals surface area contributed by atoms with E-state index >= 15 is 0 Å². The van der Waals surface area contributed by atoms with Crippen LogP contribution >= 0.6 is 23.2 Å². The molecule has 2 aromatic carbocycles. The topological polar surface area (TPSA) is 126 Å². The number of nitrogens with zero attached hydrogens (tertiary/aromatic N) is 3. The highest BCUT2D eigenvalue weighted by Gasteiger charge is 2.25. The van der Waals surface area contributed by atoms with Gasteiger partial charge in [-0.15, -0.1) is 10.2 Å². The monoisotopic (exact) mass is 456 g/mol. The second-order valence-electron chi connectivity index (χ2n) is 6.36. The van der Waals surface area contributed by atoms with E-state index in [1.54, 1.807) is 12.1 Å². The first-order valence-corrected chi connectivity index (χ1v) is 9.55. The molecule has 0 fully saturated rings. The number of urea groups is 1. The summed E-state index contributed by atoms with van der Waals surface area (Å²) in [5, 5.41) is 13.9. The molecular weight excluding hydrogens is 443 g/mol. The fourth-order valence-electron chi connectivity index (χ4n) is 2.78. The summed E-state index contributed by atoms with van der Waals surface area (Å²) in [6.07, 6.45) is 0. The van der Waals surface area contributed by atoms with Gasteiger partial charge in [-0.05, 0) is 17.7 Å². The van der Waals surface area contributed by atoms with E-state index in [-0.39, 0.29) is 44.5 Å². The van der Waals surface area contributed by atoms with Crippen LogP contribution in [0.1, 0.15) is 0 Å². The van der Waals surface area contributed by atoms with Crippen molar-refractivity contribution in [3.63, 3.8) is 0 Å². The van der Waals surface area contributed by atoms with E-state index in [2.05, 4.69) is 27.2 Å². The Morgan fingerprint density at radius 2 is 1.74 bits per heavy atom. The average Bonchev–Trinajstić information content (AvgIpc) is 2.75. The maximum absolute atomic E-state index is 12.2. The first-order chi connectivity index (χ1) is 14.8. The first-order valence-electron chi connectivity index (χ1n) is 8.80. The van der Waals surface area contributed by atoms with Crippen molar-refractivity contribution in [1.29, 1.82) is 0 Å². The number of anilines is 1. The molecule has 0 aliphatic carbocycles. The van der Waals surface area contributed by atoms with Gasteiger partial charge in [0.2, 0.25) is 5.88 Å². The summed E-state index contributed by atoms with van der Waals surface area (Å²) in [6.45, 7) is 3.59. The molecule has 0 atom stereocenters. The van der Waals surface area contributed by atoms with Crippen molar-refractivity contribution in [2.75, 3.05) is 5.01 Å². The van der Waals surface area contributed by atoms with Crippen LogP contribution in [0.5, 0.6) is 11.6 Å². The maximum Gasteiger partial charge on any atom is 0.347 e. The lowest BCUT2D eigenvalue weighted by Gasteiger charge is -2.24. The maximum atomic E-state index is 12.2. The molecule has 0 unspecified atom stereocenters. The standard InChI is InChI=1S/C20H14Cl2N6O3/c1-10-18(23)27-28(20(30)24-10)12-7-14(21)17(15(22)8-12)31-16-9-13(19(29)26-25-16)11-5-3-2-4-6-11/h2-9H,1H2,(H2,23,27)(H,24,30)(H,26,29). The van der Waals surface area contributed by atoms with Gasteiger partial charge >= 0.3 is 6.03 Å². The minimum Gasteiger partial charge on any atom is -0.434 e. The van der Waals surface area contributed by atoms with Gasteiger partial charge in [0.25, 0.3) is 5.56 Å². The van der Waals surface area contributed by atoms with Crippen molar-refractivity contribution in [1.82, 2.24) is 15.5 Å². The fraction of sp³-hybridized carbons (Fsp3) is 0. The number of nitrogens with one attached hydrogen (secondary N) is 2. The largest absolute Gasteiger partial charge is 0.434 e. The number of amides is 2. The van der Waals surface area contributed by atoms with E-state index in [1.807, 2.05) is 18.2 Å². The molecule has 1 aromatic heterocycles. The van der Waals surface area contributed by atoms with Gasteiger partial charge in [0.15, 0.2) is 11.6 Å². The number of aromatic amines is 1. The first kappa shape index (κ1) is 20.5. The number of hydrogen-bond donors (Lipinski definition) is 3. The number of carbonyl (C=O) groups excluding carboxylic acids is 1. The Kier molecular flexibility index (Phi) is 5.37. The van der Waals surface area contributed by atoms with Gasteiger partial charge in [0.1, 0.15) is 0 Å². The van der Waals surface area contributed by atoms with Crippen LogP contribution in [0, 0.1) is 0 Å². The number of rotatable bonds is 4. The Bertz CT molecular complexity index is 1270. The second-order valence-corrected chi connectivity index (χ2v) is 7.18. The fourth-order valence-corrected chi connectivity index (χ4v) is 3.33. The summed E-state index contributed by atoms with van der Waals surface area (Å²) < 4.78 is 5.73. The third-order valence-electron chi connectivity index (χ3n) is 4.27. The zero-order chi connectivity index (χ0) is 22.1. The lowest BCUT2D eigenvalue weighted by atomic mass is 10.1. The molecule has 0 spiro atoms. The summed E-state index contributed by atoms with van der Waals surface area (Å²) in [5.74, 6) is 0.201. The van der Waals surface area contributed by atoms with Crippen molar-refractivity contribution < 1.29 is 9.53 Å². The van der Waals surface area contributed by atoms with Crippen molar-refractivity contribution in [3.05, 3.63) is 81.2 Å². The van der Waals surface area contributed by atoms with Gasteiger partial charge in [0.05, 0.1) is 27.0 Å². The normalized spacial score (nSPS) is 13.6. The highest BCUT2D eigenvalue weighted by Crippen LogP contribution is 2.40. The number of hydrogen-bond acceptors (Lipinski definition) is 6. The SMILES string of the molecule is C=C1NC(=O)N(c2cc(Cl)c(Oc3cc(-c4ccccc4)c(=O)[nH]n3)c(Cl)c2)N=C1N. The Labute approximate surface area is 185 Å². The molecule has 3 aromatic rings. The molecule has 0 bridgehead atoms. The summed E-state index contributed by atoms with van der Waals surface area (Å²) in [4.78, 5) is 24.3. The number of H-pyrrole nitrogens is 1. The second kappa shape index (κ2) is 8.13. The van der Waals surface area contributed by atoms with E-state index < -0.39 is 6.03 Å². The van der Waals surface area contributed by atoms with E-state index in [1.165, 1.54) is 18.2 Å². The van der Waals surface area contributed by atoms with Gasteiger partial charge in [-0.2, -0.15) is 5.01 Å². The zero-order valence-corrected chi connectivity index (χ0v) is 17.2. The van der Waals surface area contributed by atoms with Gasteiger partial charge in [-0.1, -0.05) is 60.1 Å². The summed E-state index contributed by atoms with van der Waals surface area (Å²) in [6, 6.07) is 12.8. The Hall–Kier alpha value is -3.82. The molecule has 4 rings (SSSR count). The Balaban J connectivity index is 1.67. The van der Waals surface area contributed by atoms with E-state index in [0.717, 1.165) is 5.01 Å². The van der Waals surface area contributed by atoms with Gasteiger partial charge < -0.3 is 15.8 Å². The van der Waals surface area contributed by atoms with E-state index in [4.69, 9.17) is 33.7 Å². The average molecular weight is 457 g/mol. The van der Waals surface area contributed by atoms with Crippen LogP contribution in [0.4, 0.5) is 10.5 Å². The number of hydrazone groups is 1. The molecule has 9 nitrogen and oxygen atoms in total. The van der Waals surface area contributed by atoms with Crippen molar-refractivity contribution >= 4 is 40.8 Å². The smallest absolute Gasteiger partial charge is 0.347 e. The lowest BCUT2D eigenvalue weighted by molar-refractivity contribution is 0.248. The molecule has 2 amide bonds. The molecule has 11 heteroatoms. The zero-order valence-electron chi connectivity index (χ0n) is 15.7. The number of ether oxygens (including phenoxy) is 1. The molecular formula is C20H14Cl2N6O3. The number of halogens is 2. The van der Waals surface area contributed by atoms with Gasteiger partial charge in [-0.25, -0.2) is 9.89 Å². The summed E-state index contributed by atoms with van der Waals surface area (Å²) in [5.41, 5.74) is 6.85. The van der Waals surface area contributed by atoms with Crippen molar-refractivity contribution in [2.45, 2.75) is 0 Å². The summed E-state index contributed by atoms with van der Waals surface area (Å²) >= 11 is 12.7. The number of benzene rings is 2. The van der Waals surface area contributed by atoms with Crippen LogP contribution in [0.15, 0.2) is 70.7 Å². The van der Waals surface area contributed by atoms with E-state index in [9.17, 15) is 9.59 Å². The molecule has 31 heavy (non-hydrogen) atoms. The number of aromatic nitrogens is 2. The van der Waals surface area contributed by atoms with Gasteiger partial charge in [0, 0.05) is 6.07 Å². The molecule has 1 aliphatic rings. The van der Waals surface area contributed by atoms with Crippen LogP contribution in [0.25, 0.3) is 11.1 Å². The molecule has 156 valence electrons. The van der Waals surface area contributed by atoms with Crippen LogP contribution in [0.3, 0.4) is 0 Å². The Morgan fingerprint density at radius 1 is 1.06 bits per heavy atom. The van der Waals surface area contributed by atoms with Crippen LogP contribution in [0.2, 0.25) is 10.0 Å². The third-order valence-corrected chi connectivity index (χ3v) is 4.83. The minimum absolute atomic E-state index is 0.0399. The predicted octanol–water partition coefficient (Wildman–Crippen LogP) is 3.85. The number of carbonyl (C=O) groups is 1. The molecule has 2 heterocycles. The Morgan fingerprint density at radius 3 is 2.42 bits per heavy atom. The molecule has 4 N–H and O–H groups in total. The lowest BCUT2D eigenvalue weighted by Crippen LogP contribution is -2.45. The molecule has 0 saturated carbocycles. The third kappa shape index (κ3) is 4.09. The highest BCUT2D eigenvalue weighted by molar-refractivity contribution is 6.37. The van der Waals surface area contributed by atoms with Crippen molar-refractivity contribution in [2.24, 2.45) is 10.8 Å². The van der Waals surface area contributed by atoms with Crippen molar-refractivity contribution in [3.8, 4) is 22.8 Å². The minimum atomic E-state index is -0.574. The number of amidine groups is 1. The van der Waals surface area contributed by atoms with Crippen LogP contribution < -0.4 is 26.4 Å². The molecule has 1 aliphatic heterocycles. The van der Waals surface area contributed by atoms with Crippen LogP contribution in [-0.4, -0.2) is 22.1 Å². The van der Waals surface area contributed by atoms with E-state index in [0.29, 0.717) is 11.1 Å². The number of nitrogens with two attached hydrogens (primary N) is 1. The highest BCUT2D eigenvalue weighted by atomic mass is 35.5. The molecule has 0 radical (unpaired) electrons. The molecule has 0 saturated heterocycles. The van der Waals surface area contributed by atoms with Crippen LogP contribution in [-0.2, 0) is 0 Å². The quantitative estimate of drug-likeness (QED) is 0.549. The van der Waals surface area contributed by atoms with Gasteiger partial charge in [-0.3, -0.25) is 4.79 Å².